The predicted octanol–water partition coefficient (Wildman–Crippen LogP) is 2.15. The van der Waals surface area contributed by atoms with E-state index in [9.17, 15) is 4.79 Å². The van der Waals surface area contributed by atoms with Gasteiger partial charge in [0.2, 0.25) is 0 Å². The molecule has 1 amide bonds. The summed E-state index contributed by atoms with van der Waals surface area (Å²) in [5.74, 6) is 0. The fourth-order valence-corrected chi connectivity index (χ4v) is 3.05. The lowest BCUT2D eigenvalue weighted by atomic mass is 9.89. The molecule has 1 aliphatic rings. The number of benzene rings is 1. The van der Waals surface area contributed by atoms with Crippen LogP contribution in [-0.2, 0) is 11.3 Å². The largest absolute Gasteiger partial charge is 0.445 e. The number of rotatable bonds is 6. The maximum Gasteiger partial charge on any atom is 0.407 e. The first kappa shape index (κ1) is 16.8. The van der Waals surface area contributed by atoms with Crippen LogP contribution in [0.4, 0.5) is 4.79 Å². The van der Waals surface area contributed by atoms with Gasteiger partial charge in [0.25, 0.3) is 0 Å². The summed E-state index contributed by atoms with van der Waals surface area (Å²) in [6.45, 7) is 1.05. The van der Waals surface area contributed by atoms with Crippen molar-refractivity contribution in [3.05, 3.63) is 35.9 Å². The van der Waals surface area contributed by atoms with Crippen molar-refractivity contribution in [1.82, 2.24) is 10.2 Å². The Bertz CT molecular complexity index is 452. The molecule has 1 aromatic rings. The summed E-state index contributed by atoms with van der Waals surface area (Å²) < 4.78 is 5.30. The van der Waals surface area contributed by atoms with Crippen LogP contribution in [0.15, 0.2) is 30.3 Å². The van der Waals surface area contributed by atoms with Gasteiger partial charge in [0, 0.05) is 18.6 Å². The molecule has 1 aromatic carbocycles. The number of amides is 1. The number of aliphatic hydroxyl groups is 1. The van der Waals surface area contributed by atoms with Gasteiger partial charge in [-0.15, -0.1) is 0 Å². The van der Waals surface area contributed by atoms with Gasteiger partial charge in [-0.1, -0.05) is 43.2 Å². The van der Waals surface area contributed by atoms with Crippen LogP contribution in [0.5, 0.6) is 0 Å². The van der Waals surface area contributed by atoms with Crippen LogP contribution < -0.4 is 5.32 Å². The van der Waals surface area contributed by atoms with E-state index in [0.717, 1.165) is 31.2 Å². The molecule has 1 saturated carbocycles. The SMILES string of the molecule is CN(CCO)[C@@H]1CCCC[C@H]1NC(=O)OCc1ccccc1. The average molecular weight is 306 g/mol. The number of carbonyl (C=O) groups excluding carboxylic acids is 1. The Morgan fingerprint density at radius 2 is 2.05 bits per heavy atom. The smallest absolute Gasteiger partial charge is 0.407 e. The molecule has 122 valence electrons. The molecular formula is C17H26N2O3. The molecule has 0 unspecified atom stereocenters. The summed E-state index contributed by atoms with van der Waals surface area (Å²) >= 11 is 0. The molecule has 0 spiro atoms. The van der Waals surface area contributed by atoms with Crippen LogP contribution >= 0.6 is 0 Å². The topological polar surface area (TPSA) is 61.8 Å². The molecule has 0 aromatic heterocycles. The molecule has 5 heteroatoms. The Balaban J connectivity index is 1.83. The summed E-state index contributed by atoms with van der Waals surface area (Å²) in [5, 5.41) is 12.1. The van der Waals surface area contributed by atoms with Crippen molar-refractivity contribution in [2.24, 2.45) is 0 Å². The highest BCUT2D eigenvalue weighted by Crippen LogP contribution is 2.22. The minimum absolute atomic E-state index is 0.0913. The quantitative estimate of drug-likeness (QED) is 0.845. The van der Waals surface area contributed by atoms with E-state index >= 15 is 0 Å². The van der Waals surface area contributed by atoms with Crippen LogP contribution in [0, 0.1) is 0 Å². The standard InChI is InChI=1S/C17H26N2O3/c1-19(11-12-20)16-10-6-5-9-15(16)18-17(21)22-13-14-7-3-2-4-8-14/h2-4,7-8,15-16,20H,5-6,9-13H2,1H3,(H,18,21)/t15-,16-/m1/s1. The molecule has 5 nitrogen and oxygen atoms in total. The van der Waals surface area contributed by atoms with Crippen molar-refractivity contribution in [2.45, 2.75) is 44.4 Å². The fourth-order valence-electron chi connectivity index (χ4n) is 3.05. The number of alkyl carbamates (subject to hydrolysis) is 1. The van der Waals surface area contributed by atoms with Crippen LogP contribution in [0.1, 0.15) is 31.2 Å². The van der Waals surface area contributed by atoms with Crippen molar-refractivity contribution in [1.29, 1.82) is 0 Å². The molecule has 1 fully saturated rings. The first-order valence-corrected chi connectivity index (χ1v) is 7.99. The molecule has 1 aliphatic carbocycles. The summed E-state index contributed by atoms with van der Waals surface area (Å²) in [6, 6.07) is 10.0. The third-order valence-corrected chi connectivity index (χ3v) is 4.26. The molecule has 22 heavy (non-hydrogen) atoms. The molecule has 0 aliphatic heterocycles. The highest BCUT2D eigenvalue weighted by Gasteiger charge is 2.29. The monoisotopic (exact) mass is 306 g/mol. The number of carbonyl (C=O) groups is 1. The van der Waals surface area contributed by atoms with Crippen molar-refractivity contribution < 1.29 is 14.6 Å². The maximum absolute atomic E-state index is 12.0. The van der Waals surface area contributed by atoms with Gasteiger partial charge in [-0.25, -0.2) is 4.79 Å². The molecule has 0 saturated heterocycles. The second-order valence-corrected chi connectivity index (χ2v) is 5.87. The zero-order valence-corrected chi connectivity index (χ0v) is 13.2. The van der Waals surface area contributed by atoms with Crippen LogP contribution in [0.3, 0.4) is 0 Å². The van der Waals surface area contributed by atoms with Gasteiger partial charge in [0.15, 0.2) is 0 Å². The Kier molecular flexibility index (Phi) is 6.68. The highest BCUT2D eigenvalue weighted by molar-refractivity contribution is 5.67. The summed E-state index contributed by atoms with van der Waals surface area (Å²) in [5.41, 5.74) is 0.982. The third kappa shape index (κ3) is 5.00. The van der Waals surface area contributed by atoms with E-state index in [2.05, 4.69) is 10.2 Å². The normalized spacial score (nSPS) is 21.6. The Morgan fingerprint density at radius 1 is 1.32 bits per heavy atom. The lowest BCUT2D eigenvalue weighted by molar-refractivity contribution is 0.102. The van der Waals surface area contributed by atoms with Gasteiger partial charge in [-0.05, 0) is 25.5 Å². The van der Waals surface area contributed by atoms with Crippen LogP contribution in [0.2, 0.25) is 0 Å². The number of hydrogen-bond acceptors (Lipinski definition) is 4. The Hall–Kier alpha value is -1.59. The van der Waals surface area contributed by atoms with Crippen LogP contribution in [0.25, 0.3) is 0 Å². The van der Waals surface area contributed by atoms with E-state index in [0.29, 0.717) is 6.54 Å². The van der Waals surface area contributed by atoms with E-state index in [4.69, 9.17) is 9.84 Å². The molecule has 0 heterocycles. The molecule has 2 rings (SSSR count). The van der Waals surface area contributed by atoms with Crippen molar-refractivity contribution in [3.8, 4) is 0 Å². The Labute approximate surface area is 132 Å². The zero-order valence-electron chi connectivity index (χ0n) is 13.2. The second-order valence-electron chi connectivity index (χ2n) is 5.87. The number of aliphatic hydroxyl groups excluding tert-OH is 1. The highest BCUT2D eigenvalue weighted by atomic mass is 16.5. The molecule has 0 bridgehead atoms. The van der Waals surface area contributed by atoms with E-state index in [1.54, 1.807) is 0 Å². The first-order valence-electron chi connectivity index (χ1n) is 7.99. The zero-order chi connectivity index (χ0) is 15.8. The number of nitrogens with one attached hydrogen (secondary N) is 1. The lowest BCUT2D eigenvalue weighted by Crippen LogP contribution is -2.52. The average Bonchev–Trinajstić information content (AvgIpc) is 2.54. The summed E-state index contributed by atoms with van der Waals surface area (Å²) in [7, 11) is 2.00. The van der Waals surface area contributed by atoms with Crippen molar-refractivity contribution >= 4 is 6.09 Å². The van der Waals surface area contributed by atoms with Crippen molar-refractivity contribution in [3.63, 3.8) is 0 Å². The predicted molar refractivity (Wildman–Crippen MR) is 85.5 cm³/mol. The van der Waals surface area contributed by atoms with Gasteiger partial charge >= 0.3 is 6.09 Å². The lowest BCUT2D eigenvalue weighted by Gasteiger charge is -2.37. The van der Waals surface area contributed by atoms with E-state index in [-0.39, 0.29) is 31.4 Å². The molecular weight excluding hydrogens is 280 g/mol. The van der Waals surface area contributed by atoms with E-state index in [1.165, 1.54) is 0 Å². The van der Waals surface area contributed by atoms with Gasteiger partial charge in [0.1, 0.15) is 6.61 Å². The number of ether oxygens (including phenoxy) is 1. The van der Waals surface area contributed by atoms with E-state index in [1.807, 2.05) is 37.4 Å². The number of likely N-dealkylation sites (N-methyl/N-ethyl adjacent to an activating group) is 1. The summed E-state index contributed by atoms with van der Waals surface area (Å²) in [6.07, 6.45) is 3.92. The fraction of sp³-hybridized carbons (Fsp3) is 0.588. The molecule has 2 N–H and O–H groups in total. The van der Waals surface area contributed by atoms with Gasteiger partial charge in [0.05, 0.1) is 6.61 Å². The third-order valence-electron chi connectivity index (χ3n) is 4.26. The van der Waals surface area contributed by atoms with Crippen LogP contribution in [-0.4, -0.2) is 48.4 Å². The second kappa shape index (κ2) is 8.76. The minimum Gasteiger partial charge on any atom is -0.445 e. The summed E-state index contributed by atoms with van der Waals surface area (Å²) in [4.78, 5) is 14.1. The van der Waals surface area contributed by atoms with Crippen molar-refractivity contribution in [2.75, 3.05) is 20.2 Å². The minimum atomic E-state index is -0.363. The van der Waals surface area contributed by atoms with Gasteiger partial charge in [-0.2, -0.15) is 0 Å². The first-order chi connectivity index (χ1) is 10.7. The Morgan fingerprint density at radius 3 is 2.77 bits per heavy atom. The maximum atomic E-state index is 12.0. The molecule has 2 atom stereocenters. The van der Waals surface area contributed by atoms with Gasteiger partial charge in [-0.3, -0.25) is 4.90 Å². The number of nitrogens with zero attached hydrogens (tertiary/aromatic N) is 1. The van der Waals surface area contributed by atoms with Gasteiger partial charge < -0.3 is 15.2 Å². The van der Waals surface area contributed by atoms with E-state index < -0.39 is 0 Å². The number of hydrogen-bond donors (Lipinski definition) is 2. The molecule has 0 radical (unpaired) electrons.